The van der Waals surface area contributed by atoms with Crippen molar-refractivity contribution < 1.29 is 9.90 Å². The summed E-state index contributed by atoms with van der Waals surface area (Å²) < 4.78 is 0. The number of hydrogen-bond acceptors (Lipinski definition) is 3. The van der Waals surface area contributed by atoms with Crippen LogP contribution >= 0.6 is 0 Å². The molecular weight excluding hydrogens is 180 g/mol. The van der Waals surface area contributed by atoms with Gasteiger partial charge in [-0.15, -0.1) is 0 Å². The number of likely N-dealkylation sites (tertiary alicyclic amines) is 1. The average Bonchev–Trinajstić information content (AvgIpc) is 2.53. The van der Waals surface area contributed by atoms with Crippen LogP contribution in [-0.2, 0) is 4.79 Å². The topological polar surface area (TPSA) is 43.8 Å². The Morgan fingerprint density at radius 3 is 2.93 bits per heavy atom. The molecule has 82 valence electrons. The van der Waals surface area contributed by atoms with Crippen LogP contribution in [0.2, 0.25) is 0 Å². The second-order valence-corrected chi connectivity index (χ2v) is 3.96. The molecule has 0 aliphatic carbocycles. The molecule has 0 saturated carbocycles. The standard InChI is InChI=1S/C10H20N2O2/c1-9(14)11(2)8-10-4-3-5-12(10)6-7-13/h10,13H,3-8H2,1-2H3/t10-/m1/s1. The Labute approximate surface area is 85.5 Å². The van der Waals surface area contributed by atoms with Crippen LogP contribution in [-0.4, -0.2) is 60.1 Å². The molecule has 1 atom stereocenters. The summed E-state index contributed by atoms with van der Waals surface area (Å²) in [6.45, 7) is 4.37. The molecule has 0 bridgehead atoms. The van der Waals surface area contributed by atoms with E-state index in [0.717, 1.165) is 26.1 Å². The van der Waals surface area contributed by atoms with E-state index in [1.807, 2.05) is 7.05 Å². The van der Waals surface area contributed by atoms with E-state index in [9.17, 15) is 4.79 Å². The highest BCUT2D eigenvalue weighted by atomic mass is 16.3. The summed E-state index contributed by atoms with van der Waals surface area (Å²) in [6, 6.07) is 0.441. The number of aliphatic hydroxyl groups excluding tert-OH is 1. The summed E-state index contributed by atoms with van der Waals surface area (Å²) in [5, 5.41) is 8.87. The zero-order chi connectivity index (χ0) is 10.6. The fourth-order valence-electron chi connectivity index (χ4n) is 1.97. The molecule has 0 aromatic carbocycles. The van der Waals surface area contributed by atoms with E-state index in [4.69, 9.17) is 5.11 Å². The van der Waals surface area contributed by atoms with Crippen LogP contribution in [0.15, 0.2) is 0 Å². The molecule has 1 heterocycles. The molecule has 1 aliphatic rings. The Morgan fingerprint density at radius 2 is 2.36 bits per heavy atom. The predicted molar refractivity (Wildman–Crippen MR) is 55.0 cm³/mol. The summed E-state index contributed by atoms with van der Waals surface area (Å²) in [6.07, 6.45) is 2.31. The summed E-state index contributed by atoms with van der Waals surface area (Å²) in [4.78, 5) is 15.1. The van der Waals surface area contributed by atoms with Crippen LogP contribution in [0.4, 0.5) is 0 Å². The molecule has 0 aromatic rings. The Bertz CT molecular complexity index is 197. The van der Waals surface area contributed by atoms with Crippen molar-refractivity contribution in [3.63, 3.8) is 0 Å². The first-order valence-electron chi connectivity index (χ1n) is 5.21. The van der Waals surface area contributed by atoms with Gasteiger partial charge in [-0.25, -0.2) is 0 Å². The van der Waals surface area contributed by atoms with Gasteiger partial charge >= 0.3 is 0 Å². The maximum Gasteiger partial charge on any atom is 0.219 e. The van der Waals surface area contributed by atoms with Gasteiger partial charge in [0.15, 0.2) is 0 Å². The largest absolute Gasteiger partial charge is 0.395 e. The number of aliphatic hydroxyl groups is 1. The number of carbonyl (C=O) groups excluding carboxylic acids is 1. The van der Waals surface area contributed by atoms with Gasteiger partial charge in [-0.05, 0) is 19.4 Å². The Hall–Kier alpha value is -0.610. The third kappa shape index (κ3) is 2.96. The van der Waals surface area contributed by atoms with Crippen LogP contribution in [0.1, 0.15) is 19.8 Å². The van der Waals surface area contributed by atoms with Gasteiger partial charge in [0.25, 0.3) is 0 Å². The molecule has 1 rings (SSSR count). The van der Waals surface area contributed by atoms with Crippen LogP contribution in [0.25, 0.3) is 0 Å². The molecule has 14 heavy (non-hydrogen) atoms. The molecule has 1 saturated heterocycles. The molecule has 0 spiro atoms. The van der Waals surface area contributed by atoms with Gasteiger partial charge in [0.05, 0.1) is 6.61 Å². The molecule has 1 amide bonds. The molecule has 1 aliphatic heterocycles. The summed E-state index contributed by atoms with van der Waals surface area (Å²) in [5.74, 6) is 0.112. The molecule has 0 radical (unpaired) electrons. The van der Waals surface area contributed by atoms with Gasteiger partial charge < -0.3 is 10.0 Å². The fraction of sp³-hybridized carbons (Fsp3) is 0.900. The van der Waals surface area contributed by atoms with Crippen molar-refractivity contribution in [2.24, 2.45) is 0 Å². The first-order chi connectivity index (χ1) is 6.65. The first-order valence-corrected chi connectivity index (χ1v) is 5.21. The van der Waals surface area contributed by atoms with E-state index in [-0.39, 0.29) is 12.5 Å². The average molecular weight is 200 g/mol. The van der Waals surface area contributed by atoms with Crippen LogP contribution < -0.4 is 0 Å². The lowest BCUT2D eigenvalue weighted by Gasteiger charge is -2.27. The van der Waals surface area contributed by atoms with E-state index in [1.165, 1.54) is 6.42 Å². The van der Waals surface area contributed by atoms with E-state index in [0.29, 0.717) is 6.04 Å². The zero-order valence-electron chi connectivity index (χ0n) is 9.07. The van der Waals surface area contributed by atoms with Crippen LogP contribution in [0.5, 0.6) is 0 Å². The molecule has 1 fully saturated rings. The Morgan fingerprint density at radius 1 is 1.64 bits per heavy atom. The van der Waals surface area contributed by atoms with Gasteiger partial charge in [-0.3, -0.25) is 9.69 Å². The smallest absolute Gasteiger partial charge is 0.219 e. The van der Waals surface area contributed by atoms with Gasteiger partial charge in [0.1, 0.15) is 0 Å². The molecule has 0 unspecified atom stereocenters. The molecule has 4 heteroatoms. The Balaban J connectivity index is 2.38. The lowest BCUT2D eigenvalue weighted by atomic mass is 10.2. The SMILES string of the molecule is CC(=O)N(C)C[C@H]1CCCN1CCO. The van der Waals surface area contributed by atoms with Crippen molar-refractivity contribution in [3.05, 3.63) is 0 Å². The van der Waals surface area contributed by atoms with Crippen LogP contribution in [0, 0.1) is 0 Å². The normalized spacial score (nSPS) is 22.6. The van der Waals surface area contributed by atoms with E-state index in [1.54, 1.807) is 11.8 Å². The minimum Gasteiger partial charge on any atom is -0.395 e. The Kier molecular flexibility index (Phi) is 4.35. The van der Waals surface area contributed by atoms with Crippen molar-refractivity contribution in [3.8, 4) is 0 Å². The second-order valence-electron chi connectivity index (χ2n) is 3.96. The highest BCUT2D eigenvalue weighted by Crippen LogP contribution is 2.17. The summed E-state index contributed by atoms with van der Waals surface area (Å²) in [7, 11) is 1.83. The van der Waals surface area contributed by atoms with E-state index in [2.05, 4.69) is 4.90 Å². The minimum atomic E-state index is 0.112. The van der Waals surface area contributed by atoms with Gasteiger partial charge in [0.2, 0.25) is 5.91 Å². The van der Waals surface area contributed by atoms with Crippen molar-refractivity contribution in [1.29, 1.82) is 0 Å². The number of nitrogens with zero attached hydrogens (tertiary/aromatic N) is 2. The number of likely N-dealkylation sites (N-methyl/N-ethyl adjacent to an activating group) is 1. The maximum absolute atomic E-state index is 11.1. The van der Waals surface area contributed by atoms with Crippen molar-refractivity contribution >= 4 is 5.91 Å². The predicted octanol–water partition coefficient (Wildman–Crippen LogP) is -0.0786. The quantitative estimate of drug-likeness (QED) is 0.690. The third-order valence-corrected chi connectivity index (χ3v) is 2.91. The van der Waals surface area contributed by atoms with Crippen molar-refractivity contribution in [1.82, 2.24) is 9.80 Å². The lowest BCUT2D eigenvalue weighted by molar-refractivity contribution is -0.128. The fourth-order valence-corrected chi connectivity index (χ4v) is 1.97. The van der Waals surface area contributed by atoms with Gasteiger partial charge in [0, 0.05) is 33.1 Å². The monoisotopic (exact) mass is 200 g/mol. The number of rotatable bonds is 4. The number of amides is 1. The number of hydrogen-bond donors (Lipinski definition) is 1. The van der Waals surface area contributed by atoms with Crippen molar-refractivity contribution in [2.75, 3.05) is 33.3 Å². The maximum atomic E-state index is 11.1. The second kappa shape index (κ2) is 5.32. The third-order valence-electron chi connectivity index (χ3n) is 2.91. The molecule has 1 N–H and O–H groups in total. The highest BCUT2D eigenvalue weighted by Gasteiger charge is 2.25. The van der Waals surface area contributed by atoms with Gasteiger partial charge in [-0.2, -0.15) is 0 Å². The zero-order valence-corrected chi connectivity index (χ0v) is 9.07. The highest BCUT2D eigenvalue weighted by molar-refractivity contribution is 5.72. The summed E-state index contributed by atoms with van der Waals surface area (Å²) in [5.41, 5.74) is 0. The first kappa shape index (κ1) is 11.5. The number of β-amino-alcohol motifs (C(OH)–C–C–N with tert-alkyl or cyclic N) is 1. The van der Waals surface area contributed by atoms with E-state index < -0.39 is 0 Å². The van der Waals surface area contributed by atoms with Crippen molar-refractivity contribution in [2.45, 2.75) is 25.8 Å². The van der Waals surface area contributed by atoms with Gasteiger partial charge in [-0.1, -0.05) is 0 Å². The van der Waals surface area contributed by atoms with E-state index >= 15 is 0 Å². The number of carbonyl (C=O) groups is 1. The lowest BCUT2D eigenvalue weighted by Crippen LogP contribution is -2.41. The molecule has 4 nitrogen and oxygen atoms in total. The molecular formula is C10H20N2O2. The minimum absolute atomic E-state index is 0.112. The molecule has 0 aromatic heterocycles. The van der Waals surface area contributed by atoms with Crippen LogP contribution in [0.3, 0.4) is 0 Å². The summed E-state index contributed by atoms with van der Waals surface area (Å²) >= 11 is 0.